The molecule has 14 heteroatoms. The second-order valence-corrected chi connectivity index (χ2v) is 15.2. The molecule has 1 fully saturated rings. The van der Waals surface area contributed by atoms with Gasteiger partial charge in [0.1, 0.15) is 43.2 Å². The standard InChI is InChI=1S/C38H69O13P/c1-3-5-7-9-11-13-14-15-16-17-18-19-21-23-25-27-32(40)50-30(28-48-31(39)26-24-22-20-12-10-8-6-4-2)29-49-52(46,47)51-38-36(44)34(42)33(41)35(43)37(38)45/h11,13,15-16,30,33-38,41-45H,3-10,12,14,17-29H2,1-2H3,(H,46,47)/b13-11-,16-15-. The molecule has 0 bridgehead atoms. The number of phosphoric acid groups is 1. The SMILES string of the molecule is CCCCC/C=C\C/C=C\CCCCCCCC(=O)OC(COC(=O)CCCCCCCCCC)COP(=O)(O)OC1C(O)C(O)C(O)C(O)C1O. The van der Waals surface area contributed by atoms with Crippen LogP contribution in [0.25, 0.3) is 0 Å². The molecule has 0 heterocycles. The van der Waals surface area contributed by atoms with E-state index in [9.17, 15) is 44.6 Å². The number of esters is 2. The van der Waals surface area contributed by atoms with Crippen molar-refractivity contribution in [1.82, 2.24) is 0 Å². The van der Waals surface area contributed by atoms with Crippen molar-refractivity contribution in [1.29, 1.82) is 0 Å². The Labute approximate surface area is 311 Å². The van der Waals surface area contributed by atoms with Crippen LogP contribution in [0.5, 0.6) is 0 Å². The zero-order valence-electron chi connectivity index (χ0n) is 31.6. The normalized spacial score (nSPS) is 23.9. The minimum Gasteiger partial charge on any atom is -0.462 e. The zero-order valence-corrected chi connectivity index (χ0v) is 32.5. The Hall–Kier alpha value is -1.67. The monoisotopic (exact) mass is 764 g/mol. The first-order valence-corrected chi connectivity index (χ1v) is 21.1. The molecule has 0 aromatic rings. The number of hydrogen-bond acceptors (Lipinski definition) is 12. The van der Waals surface area contributed by atoms with Gasteiger partial charge in [0.05, 0.1) is 6.61 Å². The van der Waals surface area contributed by atoms with E-state index in [1.165, 1.54) is 44.9 Å². The number of carbonyl (C=O) groups excluding carboxylic acids is 2. The Morgan fingerprint density at radius 2 is 1.04 bits per heavy atom. The lowest BCUT2D eigenvalue weighted by Gasteiger charge is -2.41. The van der Waals surface area contributed by atoms with Gasteiger partial charge in [-0.1, -0.05) is 115 Å². The van der Waals surface area contributed by atoms with Crippen LogP contribution >= 0.6 is 7.82 Å². The molecule has 0 saturated heterocycles. The lowest BCUT2D eigenvalue weighted by Crippen LogP contribution is -2.64. The number of phosphoric ester groups is 1. The molecule has 1 aliphatic rings. The van der Waals surface area contributed by atoms with E-state index in [1.54, 1.807) is 0 Å². The van der Waals surface area contributed by atoms with Crippen molar-refractivity contribution >= 4 is 19.8 Å². The predicted molar refractivity (Wildman–Crippen MR) is 198 cm³/mol. The lowest BCUT2D eigenvalue weighted by atomic mass is 9.85. The van der Waals surface area contributed by atoms with E-state index in [-0.39, 0.29) is 12.8 Å². The van der Waals surface area contributed by atoms with E-state index in [0.29, 0.717) is 12.8 Å². The second kappa shape index (κ2) is 29.7. The zero-order chi connectivity index (χ0) is 38.6. The summed E-state index contributed by atoms with van der Waals surface area (Å²) in [7, 11) is -5.11. The van der Waals surface area contributed by atoms with Crippen LogP contribution in [0.15, 0.2) is 24.3 Å². The molecule has 304 valence electrons. The van der Waals surface area contributed by atoms with Gasteiger partial charge in [-0.25, -0.2) is 4.57 Å². The van der Waals surface area contributed by atoms with Gasteiger partial charge >= 0.3 is 19.8 Å². The molecule has 1 saturated carbocycles. The third-order valence-corrected chi connectivity index (χ3v) is 10.0. The van der Waals surface area contributed by atoms with E-state index in [4.69, 9.17) is 18.5 Å². The van der Waals surface area contributed by atoms with Gasteiger partial charge in [0.25, 0.3) is 0 Å². The molecular formula is C38H69O13P. The van der Waals surface area contributed by atoms with Crippen LogP contribution in [0.2, 0.25) is 0 Å². The quantitative estimate of drug-likeness (QED) is 0.0204. The lowest BCUT2D eigenvalue weighted by molar-refractivity contribution is -0.220. The topological polar surface area (TPSA) is 210 Å². The third-order valence-electron chi connectivity index (χ3n) is 9.05. The summed E-state index contributed by atoms with van der Waals surface area (Å²) in [6.45, 7) is 3.19. The highest BCUT2D eigenvalue weighted by Gasteiger charge is 2.51. The first kappa shape index (κ1) is 48.3. The minimum absolute atomic E-state index is 0.0824. The molecule has 0 radical (unpaired) electrons. The van der Waals surface area contributed by atoms with Crippen molar-refractivity contribution in [3.63, 3.8) is 0 Å². The van der Waals surface area contributed by atoms with E-state index in [1.807, 2.05) is 0 Å². The van der Waals surface area contributed by atoms with Crippen LogP contribution in [-0.4, -0.2) is 98.3 Å². The number of carbonyl (C=O) groups is 2. The van der Waals surface area contributed by atoms with Gasteiger partial charge in [-0.3, -0.25) is 18.6 Å². The molecule has 0 aromatic heterocycles. The van der Waals surface area contributed by atoms with Gasteiger partial charge in [-0.05, 0) is 44.9 Å². The molecule has 1 aliphatic carbocycles. The maximum Gasteiger partial charge on any atom is 0.472 e. The highest BCUT2D eigenvalue weighted by Crippen LogP contribution is 2.47. The number of aliphatic hydroxyl groups excluding tert-OH is 5. The second-order valence-electron chi connectivity index (χ2n) is 13.8. The summed E-state index contributed by atoms with van der Waals surface area (Å²) in [5.74, 6) is -1.12. The summed E-state index contributed by atoms with van der Waals surface area (Å²) in [6.07, 6.45) is 15.5. The summed E-state index contributed by atoms with van der Waals surface area (Å²) in [4.78, 5) is 35.4. The molecule has 6 N–H and O–H groups in total. The Morgan fingerprint density at radius 1 is 0.596 bits per heavy atom. The average Bonchev–Trinajstić information content (AvgIpc) is 3.12. The first-order valence-electron chi connectivity index (χ1n) is 19.6. The van der Waals surface area contributed by atoms with Gasteiger partial charge < -0.3 is 39.9 Å². The van der Waals surface area contributed by atoms with Crippen LogP contribution in [0, 0.1) is 0 Å². The summed E-state index contributed by atoms with van der Waals surface area (Å²) in [5.41, 5.74) is 0. The van der Waals surface area contributed by atoms with Crippen LogP contribution in [-0.2, 0) is 32.7 Å². The fraction of sp³-hybridized carbons (Fsp3) is 0.842. The summed E-state index contributed by atoms with van der Waals surface area (Å²) >= 11 is 0. The van der Waals surface area contributed by atoms with Crippen LogP contribution in [0.3, 0.4) is 0 Å². The van der Waals surface area contributed by atoms with Crippen molar-refractivity contribution in [3.05, 3.63) is 24.3 Å². The number of ether oxygens (including phenoxy) is 2. The summed E-state index contributed by atoms with van der Waals surface area (Å²) in [6, 6.07) is 0. The fourth-order valence-electron chi connectivity index (χ4n) is 5.79. The Bertz CT molecular complexity index is 1020. The molecule has 13 nitrogen and oxygen atoms in total. The molecule has 6 unspecified atom stereocenters. The van der Waals surface area contributed by atoms with E-state index in [0.717, 1.165) is 64.2 Å². The summed E-state index contributed by atoms with van der Waals surface area (Å²) < 4.78 is 33.3. The maximum atomic E-state index is 12.7. The Balaban J connectivity index is 2.54. The van der Waals surface area contributed by atoms with E-state index >= 15 is 0 Å². The molecular weight excluding hydrogens is 695 g/mol. The molecule has 52 heavy (non-hydrogen) atoms. The molecule has 1 rings (SSSR count). The van der Waals surface area contributed by atoms with Crippen LogP contribution in [0.1, 0.15) is 149 Å². The van der Waals surface area contributed by atoms with Crippen molar-refractivity contribution in [3.8, 4) is 0 Å². The number of allylic oxidation sites excluding steroid dienone is 4. The molecule has 0 aromatic carbocycles. The molecule has 0 spiro atoms. The molecule has 6 atom stereocenters. The third kappa shape index (κ3) is 22.5. The highest BCUT2D eigenvalue weighted by atomic mass is 31.2. The Kier molecular flexibility index (Phi) is 27.6. The van der Waals surface area contributed by atoms with Crippen molar-refractivity contribution in [2.45, 2.75) is 191 Å². The van der Waals surface area contributed by atoms with Gasteiger partial charge in [-0.15, -0.1) is 0 Å². The Morgan fingerprint density at radius 3 is 1.60 bits per heavy atom. The molecule has 0 aliphatic heterocycles. The first-order chi connectivity index (χ1) is 24.9. The fourth-order valence-corrected chi connectivity index (χ4v) is 6.76. The highest BCUT2D eigenvalue weighted by molar-refractivity contribution is 7.47. The van der Waals surface area contributed by atoms with Gasteiger partial charge in [0.15, 0.2) is 6.10 Å². The smallest absolute Gasteiger partial charge is 0.462 e. The number of hydrogen-bond donors (Lipinski definition) is 6. The van der Waals surface area contributed by atoms with E-state index < -0.39 is 75.7 Å². The van der Waals surface area contributed by atoms with Crippen molar-refractivity contribution < 1.29 is 63.1 Å². The van der Waals surface area contributed by atoms with Gasteiger partial charge in [0.2, 0.25) is 0 Å². The average molecular weight is 765 g/mol. The van der Waals surface area contributed by atoms with E-state index in [2.05, 4.69) is 38.2 Å². The minimum atomic E-state index is -5.11. The number of unbranched alkanes of at least 4 members (excludes halogenated alkanes) is 15. The maximum absolute atomic E-state index is 12.7. The predicted octanol–water partition coefficient (Wildman–Crippen LogP) is 6.11. The molecule has 0 amide bonds. The number of aliphatic hydroxyl groups is 5. The van der Waals surface area contributed by atoms with Crippen LogP contribution < -0.4 is 0 Å². The number of rotatable bonds is 31. The van der Waals surface area contributed by atoms with Crippen LogP contribution in [0.4, 0.5) is 0 Å². The van der Waals surface area contributed by atoms with Gasteiger partial charge in [-0.2, -0.15) is 0 Å². The van der Waals surface area contributed by atoms with Crippen molar-refractivity contribution in [2.75, 3.05) is 13.2 Å². The largest absolute Gasteiger partial charge is 0.472 e. The van der Waals surface area contributed by atoms with Gasteiger partial charge in [0, 0.05) is 12.8 Å². The van der Waals surface area contributed by atoms with Crippen molar-refractivity contribution in [2.24, 2.45) is 0 Å². The summed E-state index contributed by atoms with van der Waals surface area (Å²) in [5, 5.41) is 49.9.